The molecule has 0 aliphatic carbocycles. The number of pyridine rings is 1. The van der Waals surface area contributed by atoms with Crippen LogP contribution in [0.1, 0.15) is 6.92 Å². The SMILES string of the molecule is CC(=O)/C(C#N)=N/Nc1ccc(S(N)(=O)=O)c2cccnc12. The number of carbonyl (C=O) groups is 1. The molecule has 112 valence electrons. The summed E-state index contributed by atoms with van der Waals surface area (Å²) in [4.78, 5) is 15.2. The van der Waals surface area contributed by atoms with Crippen molar-refractivity contribution >= 4 is 38.1 Å². The fraction of sp³-hybridized carbons (Fsp3) is 0.0769. The smallest absolute Gasteiger partial charge is 0.238 e. The molecule has 1 aromatic carbocycles. The molecule has 3 N–H and O–H groups in total. The number of benzene rings is 1. The molecule has 0 saturated carbocycles. The van der Waals surface area contributed by atoms with E-state index < -0.39 is 15.8 Å². The molecule has 0 aliphatic heterocycles. The van der Waals surface area contributed by atoms with Crippen molar-refractivity contribution in [2.24, 2.45) is 10.2 Å². The van der Waals surface area contributed by atoms with Crippen molar-refractivity contribution in [2.45, 2.75) is 11.8 Å². The second kappa shape index (κ2) is 5.88. The van der Waals surface area contributed by atoms with Crippen LogP contribution in [0, 0.1) is 11.3 Å². The van der Waals surface area contributed by atoms with Gasteiger partial charge in [0.15, 0.2) is 5.78 Å². The lowest BCUT2D eigenvalue weighted by atomic mass is 10.2. The predicted molar refractivity (Wildman–Crippen MR) is 80.5 cm³/mol. The minimum Gasteiger partial charge on any atom is -0.292 e. The van der Waals surface area contributed by atoms with Crippen molar-refractivity contribution in [2.75, 3.05) is 5.43 Å². The summed E-state index contributed by atoms with van der Waals surface area (Å²) in [5.41, 5.74) is 2.89. The first kappa shape index (κ1) is 15.6. The number of nitrogens with zero attached hydrogens (tertiary/aromatic N) is 3. The fourth-order valence-electron chi connectivity index (χ4n) is 1.78. The number of ketones is 1. The third kappa shape index (κ3) is 3.08. The quantitative estimate of drug-likeness (QED) is 0.630. The Morgan fingerprint density at radius 2 is 2.14 bits per heavy atom. The Labute approximate surface area is 126 Å². The first-order valence-electron chi connectivity index (χ1n) is 6.00. The van der Waals surface area contributed by atoms with Gasteiger partial charge in [0.1, 0.15) is 6.07 Å². The summed E-state index contributed by atoms with van der Waals surface area (Å²) in [7, 11) is -3.91. The van der Waals surface area contributed by atoms with E-state index in [0.717, 1.165) is 0 Å². The van der Waals surface area contributed by atoms with Gasteiger partial charge >= 0.3 is 0 Å². The van der Waals surface area contributed by atoms with Crippen molar-refractivity contribution < 1.29 is 13.2 Å². The summed E-state index contributed by atoms with van der Waals surface area (Å²) in [6.07, 6.45) is 1.47. The number of hydrazone groups is 1. The average Bonchev–Trinajstić information content (AvgIpc) is 2.46. The number of rotatable bonds is 4. The van der Waals surface area contributed by atoms with E-state index >= 15 is 0 Å². The van der Waals surface area contributed by atoms with Crippen LogP contribution in [0.15, 0.2) is 40.5 Å². The Balaban J connectivity index is 2.59. The first-order chi connectivity index (χ1) is 10.3. The van der Waals surface area contributed by atoms with Crippen LogP contribution in [0.5, 0.6) is 0 Å². The van der Waals surface area contributed by atoms with Gasteiger partial charge in [0.2, 0.25) is 15.7 Å². The largest absolute Gasteiger partial charge is 0.292 e. The molecule has 22 heavy (non-hydrogen) atoms. The molecule has 1 heterocycles. The van der Waals surface area contributed by atoms with Crippen LogP contribution < -0.4 is 10.6 Å². The van der Waals surface area contributed by atoms with Crippen molar-refractivity contribution in [3.05, 3.63) is 30.5 Å². The third-order valence-corrected chi connectivity index (χ3v) is 3.73. The number of nitrogens with two attached hydrogens (primary N) is 1. The molecule has 0 saturated heterocycles. The van der Waals surface area contributed by atoms with E-state index in [0.29, 0.717) is 16.6 Å². The van der Waals surface area contributed by atoms with Gasteiger partial charge in [-0.3, -0.25) is 15.2 Å². The van der Waals surface area contributed by atoms with Crippen LogP contribution in [-0.2, 0) is 14.8 Å². The molecule has 0 radical (unpaired) electrons. The molecule has 0 unspecified atom stereocenters. The molecule has 0 spiro atoms. The number of sulfonamides is 1. The second-order valence-corrected chi connectivity index (χ2v) is 5.83. The van der Waals surface area contributed by atoms with E-state index in [1.807, 2.05) is 0 Å². The van der Waals surface area contributed by atoms with Crippen LogP contribution in [-0.4, -0.2) is 24.9 Å². The van der Waals surface area contributed by atoms with Crippen molar-refractivity contribution in [1.29, 1.82) is 5.26 Å². The number of Topliss-reactive ketones (excluding diaryl/α,β-unsaturated/α-hetero) is 1. The molecule has 0 bridgehead atoms. The average molecular weight is 317 g/mol. The Kier molecular flexibility index (Phi) is 4.16. The number of hydrogen-bond donors (Lipinski definition) is 2. The summed E-state index contributed by atoms with van der Waals surface area (Å²) in [5, 5.41) is 18.0. The van der Waals surface area contributed by atoms with Gasteiger partial charge in [-0.25, -0.2) is 13.6 Å². The Morgan fingerprint density at radius 3 is 2.73 bits per heavy atom. The number of nitrogens with one attached hydrogen (secondary N) is 1. The van der Waals surface area contributed by atoms with Gasteiger partial charge in [-0.05, 0) is 24.3 Å². The minimum atomic E-state index is -3.91. The van der Waals surface area contributed by atoms with Crippen molar-refractivity contribution in [1.82, 2.24) is 4.98 Å². The minimum absolute atomic E-state index is 0.0720. The summed E-state index contributed by atoms with van der Waals surface area (Å²) in [6.45, 7) is 1.21. The lowest BCUT2D eigenvalue weighted by Gasteiger charge is -2.08. The zero-order valence-corrected chi connectivity index (χ0v) is 12.3. The number of anilines is 1. The monoisotopic (exact) mass is 317 g/mol. The molecule has 0 atom stereocenters. The molecule has 8 nitrogen and oxygen atoms in total. The number of aromatic nitrogens is 1. The van der Waals surface area contributed by atoms with Crippen molar-refractivity contribution in [3.63, 3.8) is 0 Å². The van der Waals surface area contributed by atoms with Gasteiger partial charge in [0, 0.05) is 18.5 Å². The van der Waals surface area contributed by atoms with E-state index in [2.05, 4.69) is 15.5 Å². The third-order valence-electron chi connectivity index (χ3n) is 2.76. The summed E-state index contributed by atoms with van der Waals surface area (Å²) in [5.74, 6) is -0.492. The maximum atomic E-state index is 11.6. The Hall–Kier alpha value is -2.83. The van der Waals surface area contributed by atoms with Crippen LogP contribution >= 0.6 is 0 Å². The highest BCUT2D eigenvalue weighted by Crippen LogP contribution is 2.27. The first-order valence-corrected chi connectivity index (χ1v) is 7.54. The summed E-state index contributed by atoms with van der Waals surface area (Å²) >= 11 is 0. The fourth-order valence-corrected chi connectivity index (χ4v) is 2.51. The van der Waals surface area contributed by atoms with Crippen LogP contribution in [0.4, 0.5) is 5.69 Å². The number of nitriles is 1. The summed E-state index contributed by atoms with van der Waals surface area (Å²) < 4.78 is 23.1. The van der Waals surface area contributed by atoms with E-state index in [1.165, 1.54) is 25.3 Å². The maximum Gasteiger partial charge on any atom is 0.238 e. The Morgan fingerprint density at radius 1 is 1.41 bits per heavy atom. The standard InChI is InChI=1S/C13H11N5O3S/c1-8(19)11(7-14)18-17-10-4-5-12(22(15,20)21)9-3-2-6-16-13(9)10/h2-6,17H,1H3,(H2,15,20,21)/b18-11+. The number of fused-ring (bicyclic) bond motifs is 1. The molecule has 0 aliphatic rings. The van der Waals surface area contributed by atoms with Crippen LogP contribution in [0.2, 0.25) is 0 Å². The lowest BCUT2D eigenvalue weighted by molar-refractivity contribution is -0.110. The molecule has 1 aromatic heterocycles. The highest BCUT2D eigenvalue weighted by atomic mass is 32.2. The van der Waals surface area contributed by atoms with Crippen LogP contribution in [0.25, 0.3) is 10.9 Å². The molecular weight excluding hydrogens is 306 g/mol. The second-order valence-electron chi connectivity index (χ2n) is 4.30. The Bertz CT molecular complexity index is 928. The molecule has 9 heteroatoms. The highest BCUT2D eigenvalue weighted by Gasteiger charge is 2.15. The molecular formula is C13H11N5O3S. The summed E-state index contributed by atoms with van der Waals surface area (Å²) in [6, 6.07) is 7.49. The predicted octanol–water partition coefficient (Wildman–Crippen LogP) is 0.763. The van der Waals surface area contributed by atoms with E-state index in [1.54, 1.807) is 18.2 Å². The normalized spacial score (nSPS) is 12.0. The number of primary sulfonamides is 1. The zero-order valence-electron chi connectivity index (χ0n) is 11.4. The topological polar surface area (TPSA) is 138 Å². The van der Waals surface area contributed by atoms with Gasteiger partial charge in [0.25, 0.3) is 0 Å². The van der Waals surface area contributed by atoms with Crippen molar-refractivity contribution in [3.8, 4) is 6.07 Å². The molecule has 2 rings (SSSR count). The number of hydrogen-bond acceptors (Lipinski definition) is 7. The molecule has 0 fully saturated rings. The van der Waals surface area contributed by atoms with Gasteiger partial charge in [-0.15, -0.1) is 0 Å². The van der Waals surface area contributed by atoms with Gasteiger partial charge < -0.3 is 0 Å². The van der Waals surface area contributed by atoms with Gasteiger partial charge in [-0.2, -0.15) is 10.4 Å². The molecule has 0 amide bonds. The zero-order chi connectivity index (χ0) is 16.3. The van der Waals surface area contributed by atoms with Gasteiger partial charge in [0.05, 0.1) is 16.1 Å². The maximum absolute atomic E-state index is 11.6. The van der Waals surface area contributed by atoms with Crippen LogP contribution in [0.3, 0.4) is 0 Å². The number of carbonyl (C=O) groups excluding carboxylic acids is 1. The lowest BCUT2D eigenvalue weighted by Crippen LogP contribution is -2.13. The van der Waals surface area contributed by atoms with E-state index in [-0.39, 0.29) is 10.6 Å². The molecule has 2 aromatic rings. The van der Waals surface area contributed by atoms with Gasteiger partial charge in [-0.1, -0.05) is 0 Å². The van der Waals surface area contributed by atoms with E-state index in [4.69, 9.17) is 10.4 Å². The highest BCUT2D eigenvalue weighted by molar-refractivity contribution is 7.89. The van der Waals surface area contributed by atoms with E-state index in [9.17, 15) is 13.2 Å².